The highest BCUT2D eigenvalue weighted by atomic mass is 35.5. The number of hydrogen-bond donors (Lipinski definition) is 0. The second-order valence-corrected chi connectivity index (χ2v) is 7.49. The van der Waals surface area contributed by atoms with E-state index in [4.69, 9.17) is 16.3 Å². The van der Waals surface area contributed by atoms with E-state index < -0.39 is 0 Å². The molecule has 0 saturated heterocycles. The van der Waals surface area contributed by atoms with Crippen molar-refractivity contribution in [2.45, 2.75) is 44.3 Å². The molecule has 7 heteroatoms. The first kappa shape index (κ1) is 19.7. The molecule has 1 heterocycles. The Hall–Kier alpha value is -2.05. The topological polar surface area (TPSA) is 39.9 Å². The molecule has 1 atom stereocenters. The fourth-order valence-corrected chi connectivity index (χ4v) is 3.82. The first-order valence-electron chi connectivity index (χ1n) is 8.71. The Balaban J connectivity index is 1.74. The van der Waals surface area contributed by atoms with Crippen molar-refractivity contribution >= 4 is 23.4 Å². The van der Waals surface area contributed by atoms with Gasteiger partial charge in [0.15, 0.2) is 17.1 Å². The fourth-order valence-electron chi connectivity index (χ4n) is 2.71. The van der Waals surface area contributed by atoms with Crippen molar-refractivity contribution in [1.82, 2.24) is 14.8 Å². The highest BCUT2D eigenvalue weighted by molar-refractivity contribution is 7.98. The van der Waals surface area contributed by atoms with Gasteiger partial charge in [0, 0.05) is 17.3 Å². The predicted molar refractivity (Wildman–Crippen MR) is 107 cm³/mol. The van der Waals surface area contributed by atoms with Gasteiger partial charge in [0.05, 0.1) is 0 Å². The van der Waals surface area contributed by atoms with Crippen molar-refractivity contribution in [2.24, 2.45) is 0 Å². The van der Waals surface area contributed by atoms with Gasteiger partial charge in [-0.15, -0.1) is 10.2 Å². The van der Waals surface area contributed by atoms with Gasteiger partial charge < -0.3 is 9.30 Å². The number of rotatable bonds is 7. The summed E-state index contributed by atoms with van der Waals surface area (Å²) in [5.74, 6) is 1.76. The van der Waals surface area contributed by atoms with Gasteiger partial charge in [0.25, 0.3) is 0 Å². The minimum absolute atomic E-state index is 0.206. The molecule has 0 fully saturated rings. The van der Waals surface area contributed by atoms with Crippen molar-refractivity contribution in [3.8, 4) is 5.75 Å². The Morgan fingerprint density at radius 2 is 2.00 bits per heavy atom. The lowest BCUT2D eigenvalue weighted by atomic mass is 10.2. The lowest BCUT2D eigenvalue weighted by Crippen LogP contribution is -2.12. The number of ether oxygens (including phenoxy) is 1. The van der Waals surface area contributed by atoms with Crippen LogP contribution in [0.5, 0.6) is 5.75 Å². The molecule has 0 amide bonds. The van der Waals surface area contributed by atoms with E-state index in [9.17, 15) is 4.39 Å². The van der Waals surface area contributed by atoms with E-state index in [1.165, 1.54) is 17.8 Å². The molecule has 0 aliphatic heterocycles. The third-order valence-corrected chi connectivity index (χ3v) is 5.62. The minimum atomic E-state index is -0.277. The van der Waals surface area contributed by atoms with Crippen LogP contribution in [0.2, 0.25) is 5.02 Å². The molecule has 2 aromatic carbocycles. The van der Waals surface area contributed by atoms with Crippen molar-refractivity contribution < 1.29 is 9.13 Å². The second kappa shape index (κ2) is 8.76. The third-order valence-electron chi connectivity index (χ3n) is 4.18. The predicted octanol–water partition coefficient (Wildman–Crippen LogP) is 5.83. The molecule has 0 saturated carbocycles. The number of benzene rings is 2. The Kier molecular flexibility index (Phi) is 6.39. The van der Waals surface area contributed by atoms with Crippen LogP contribution in [0.1, 0.15) is 36.9 Å². The molecule has 3 rings (SSSR count). The maximum atomic E-state index is 13.8. The number of halogens is 2. The first-order chi connectivity index (χ1) is 13.0. The van der Waals surface area contributed by atoms with Crippen LogP contribution in [0.3, 0.4) is 0 Å². The Labute approximate surface area is 167 Å². The van der Waals surface area contributed by atoms with Crippen molar-refractivity contribution in [1.29, 1.82) is 0 Å². The van der Waals surface area contributed by atoms with Gasteiger partial charge >= 0.3 is 0 Å². The lowest BCUT2D eigenvalue weighted by molar-refractivity contribution is 0.210. The molecule has 0 spiro atoms. The number of aryl methyl sites for hydroxylation is 1. The molecule has 0 bridgehead atoms. The summed E-state index contributed by atoms with van der Waals surface area (Å²) in [4.78, 5) is 0. The van der Waals surface area contributed by atoms with Gasteiger partial charge in [-0.05, 0) is 56.2 Å². The molecular weight excluding hydrogens is 385 g/mol. The molecule has 0 N–H and O–H groups in total. The zero-order valence-corrected chi connectivity index (χ0v) is 17.0. The SMILES string of the molecule is CCn1c(SCc2ccccc2F)nnc1C(C)Oc1ccc(Cl)c(C)c1. The monoisotopic (exact) mass is 405 g/mol. The van der Waals surface area contributed by atoms with Gasteiger partial charge in [0.2, 0.25) is 0 Å². The van der Waals surface area contributed by atoms with Gasteiger partial charge in [-0.1, -0.05) is 41.6 Å². The summed E-state index contributed by atoms with van der Waals surface area (Å²) in [6.45, 7) is 6.60. The first-order valence-corrected chi connectivity index (χ1v) is 10.1. The van der Waals surface area contributed by atoms with E-state index in [2.05, 4.69) is 10.2 Å². The summed E-state index contributed by atoms with van der Waals surface area (Å²) >= 11 is 7.53. The smallest absolute Gasteiger partial charge is 0.191 e. The van der Waals surface area contributed by atoms with E-state index in [0.717, 1.165) is 22.3 Å². The molecule has 0 aliphatic carbocycles. The minimum Gasteiger partial charge on any atom is -0.483 e. The second-order valence-electron chi connectivity index (χ2n) is 6.14. The summed E-state index contributed by atoms with van der Waals surface area (Å²) in [5, 5.41) is 10.0. The molecule has 3 aromatic rings. The molecule has 0 radical (unpaired) electrons. The summed E-state index contributed by atoms with van der Waals surface area (Å²) in [5.41, 5.74) is 1.61. The highest BCUT2D eigenvalue weighted by Crippen LogP contribution is 2.28. The van der Waals surface area contributed by atoms with E-state index in [0.29, 0.717) is 22.9 Å². The van der Waals surface area contributed by atoms with E-state index in [1.54, 1.807) is 12.1 Å². The maximum Gasteiger partial charge on any atom is 0.191 e. The van der Waals surface area contributed by atoms with Crippen LogP contribution in [0.4, 0.5) is 4.39 Å². The average molecular weight is 406 g/mol. The molecule has 0 aliphatic rings. The van der Waals surface area contributed by atoms with Crippen molar-refractivity contribution in [3.05, 3.63) is 70.3 Å². The largest absolute Gasteiger partial charge is 0.483 e. The molecule has 1 aromatic heterocycles. The molecule has 27 heavy (non-hydrogen) atoms. The quantitative estimate of drug-likeness (QED) is 0.463. The van der Waals surface area contributed by atoms with Crippen LogP contribution in [0.15, 0.2) is 47.6 Å². The number of thioether (sulfide) groups is 1. The van der Waals surface area contributed by atoms with Gasteiger partial charge in [-0.2, -0.15) is 0 Å². The van der Waals surface area contributed by atoms with Crippen LogP contribution in [0, 0.1) is 12.7 Å². The molecule has 1 unspecified atom stereocenters. The van der Waals surface area contributed by atoms with Crippen LogP contribution in [0.25, 0.3) is 0 Å². The normalized spacial score (nSPS) is 12.2. The lowest BCUT2D eigenvalue weighted by Gasteiger charge is -2.16. The third kappa shape index (κ3) is 4.62. The summed E-state index contributed by atoms with van der Waals surface area (Å²) in [6, 6.07) is 12.3. The fraction of sp³-hybridized carbons (Fsp3) is 0.300. The van der Waals surface area contributed by atoms with Gasteiger partial charge in [0.1, 0.15) is 11.6 Å². The Bertz CT molecular complexity index is 931. The zero-order valence-electron chi connectivity index (χ0n) is 15.4. The van der Waals surface area contributed by atoms with Crippen LogP contribution >= 0.6 is 23.4 Å². The molecule has 142 valence electrons. The summed E-state index contributed by atoms with van der Waals surface area (Å²) < 4.78 is 21.8. The Morgan fingerprint density at radius 3 is 2.70 bits per heavy atom. The van der Waals surface area contributed by atoms with E-state index in [-0.39, 0.29) is 11.9 Å². The number of nitrogens with zero attached hydrogens (tertiary/aromatic N) is 3. The van der Waals surface area contributed by atoms with Crippen molar-refractivity contribution in [2.75, 3.05) is 0 Å². The maximum absolute atomic E-state index is 13.8. The van der Waals surface area contributed by atoms with Crippen LogP contribution in [-0.2, 0) is 12.3 Å². The standard InChI is InChI=1S/C20H21ClFN3OS/c1-4-25-19(14(3)26-16-9-10-17(21)13(2)11-16)23-24-20(25)27-12-15-7-5-6-8-18(15)22/h5-11,14H,4,12H2,1-3H3. The zero-order chi connectivity index (χ0) is 19.4. The van der Waals surface area contributed by atoms with E-state index >= 15 is 0 Å². The number of aromatic nitrogens is 3. The average Bonchev–Trinajstić information content (AvgIpc) is 3.07. The molecule has 4 nitrogen and oxygen atoms in total. The van der Waals surface area contributed by atoms with Crippen molar-refractivity contribution in [3.63, 3.8) is 0 Å². The van der Waals surface area contributed by atoms with E-state index in [1.807, 2.05) is 49.6 Å². The molecular formula is C20H21ClFN3OS. The summed E-state index contributed by atoms with van der Waals surface area (Å²) in [6.07, 6.45) is -0.277. The number of hydrogen-bond acceptors (Lipinski definition) is 4. The summed E-state index contributed by atoms with van der Waals surface area (Å²) in [7, 11) is 0. The highest BCUT2D eigenvalue weighted by Gasteiger charge is 2.19. The van der Waals surface area contributed by atoms with Gasteiger partial charge in [-0.25, -0.2) is 4.39 Å². The van der Waals surface area contributed by atoms with Gasteiger partial charge in [-0.3, -0.25) is 0 Å². The van der Waals surface area contributed by atoms with Crippen LogP contribution in [-0.4, -0.2) is 14.8 Å². The van der Waals surface area contributed by atoms with Crippen LogP contribution < -0.4 is 4.74 Å². The Morgan fingerprint density at radius 1 is 1.22 bits per heavy atom.